The van der Waals surface area contributed by atoms with Gasteiger partial charge in [0.2, 0.25) is 0 Å². The summed E-state index contributed by atoms with van der Waals surface area (Å²) in [5.74, 6) is 0.288. The summed E-state index contributed by atoms with van der Waals surface area (Å²) in [7, 11) is 0. The van der Waals surface area contributed by atoms with Crippen molar-refractivity contribution in [3.8, 4) is 5.75 Å². The smallest absolute Gasteiger partial charge is 0.255 e. The van der Waals surface area contributed by atoms with Gasteiger partial charge in [0.1, 0.15) is 5.75 Å². The first kappa shape index (κ1) is 21.1. The second-order valence-corrected chi connectivity index (χ2v) is 7.17. The number of hydrogen-bond acceptors (Lipinski definition) is 3. The van der Waals surface area contributed by atoms with Crippen LogP contribution in [0.25, 0.3) is 0 Å². The quantitative estimate of drug-likeness (QED) is 0.534. The summed E-state index contributed by atoms with van der Waals surface area (Å²) >= 11 is 0. The van der Waals surface area contributed by atoms with Gasteiger partial charge in [-0.25, -0.2) is 0 Å². The zero-order valence-corrected chi connectivity index (χ0v) is 17.4. The molecule has 3 rings (SSSR count). The van der Waals surface area contributed by atoms with Crippen LogP contribution in [-0.2, 0) is 0 Å². The van der Waals surface area contributed by atoms with E-state index in [1.54, 1.807) is 48.5 Å². The predicted octanol–water partition coefficient (Wildman–Crippen LogP) is 5.68. The van der Waals surface area contributed by atoms with Crippen LogP contribution in [0.4, 0.5) is 11.4 Å². The van der Waals surface area contributed by atoms with Gasteiger partial charge in [-0.05, 0) is 74.4 Å². The lowest BCUT2D eigenvalue weighted by atomic mass is 10.1. The van der Waals surface area contributed by atoms with E-state index in [1.807, 2.05) is 45.0 Å². The lowest BCUT2D eigenvalue weighted by Crippen LogP contribution is -2.14. The number of nitrogens with one attached hydrogen (secondary N) is 2. The van der Waals surface area contributed by atoms with Crippen LogP contribution in [0.3, 0.4) is 0 Å². The minimum atomic E-state index is -0.221. The van der Waals surface area contributed by atoms with Gasteiger partial charge in [-0.2, -0.15) is 0 Å². The topological polar surface area (TPSA) is 67.4 Å². The molecule has 154 valence electrons. The van der Waals surface area contributed by atoms with E-state index in [0.29, 0.717) is 28.3 Å². The highest BCUT2D eigenvalue weighted by Crippen LogP contribution is 2.19. The Morgan fingerprint density at radius 1 is 0.867 bits per heavy atom. The molecule has 0 bridgehead atoms. The van der Waals surface area contributed by atoms with Gasteiger partial charge in [-0.3, -0.25) is 9.59 Å². The van der Waals surface area contributed by atoms with Gasteiger partial charge in [0.25, 0.3) is 11.8 Å². The molecule has 0 radical (unpaired) electrons. The van der Waals surface area contributed by atoms with E-state index < -0.39 is 0 Å². The Morgan fingerprint density at radius 2 is 1.50 bits per heavy atom. The van der Waals surface area contributed by atoms with Crippen molar-refractivity contribution >= 4 is 23.2 Å². The zero-order chi connectivity index (χ0) is 21.5. The van der Waals surface area contributed by atoms with Crippen molar-refractivity contribution in [2.75, 3.05) is 10.6 Å². The van der Waals surface area contributed by atoms with E-state index in [1.165, 1.54) is 0 Å². The average molecular weight is 402 g/mol. The highest BCUT2D eigenvalue weighted by atomic mass is 16.5. The van der Waals surface area contributed by atoms with E-state index in [9.17, 15) is 9.59 Å². The Hall–Kier alpha value is -3.60. The molecule has 0 fully saturated rings. The maximum Gasteiger partial charge on any atom is 0.255 e. The Kier molecular flexibility index (Phi) is 6.86. The third-order valence-electron chi connectivity index (χ3n) is 4.80. The van der Waals surface area contributed by atoms with E-state index in [-0.39, 0.29) is 17.9 Å². The molecule has 0 aliphatic carbocycles. The molecule has 3 aromatic carbocycles. The molecule has 30 heavy (non-hydrogen) atoms. The Balaban J connectivity index is 1.63. The van der Waals surface area contributed by atoms with Crippen molar-refractivity contribution < 1.29 is 14.3 Å². The van der Waals surface area contributed by atoms with Crippen LogP contribution in [0.15, 0.2) is 72.8 Å². The minimum Gasteiger partial charge on any atom is -0.491 e. The summed E-state index contributed by atoms with van der Waals surface area (Å²) in [6.45, 7) is 5.94. The highest BCUT2D eigenvalue weighted by Gasteiger charge is 2.10. The summed E-state index contributed by atoms with van der Waals surface area (Å²) < 4.78 is 5.78. The highest BCUT2D eigenvalue weighted by molar-refractivity contribution is 6.06. The Labute approximate surface area is 177 Å². The average Bonchev–Trinajstić information content (AvgIpc) is 2.75. The molecular formula is C25H26N2O3. The standard InChI is InChI=1S/C25H26N2O3/c1-4-18(3)30-22-10-7-9-19(16-22)24(28)26-20-12-14-21(15-13-20)27-25(29)23-11-6-5-8-17(23)2/h5-16,18H,4H2,1-3H3,(H,26,28)(H,27,29). The first-order valence-corrected chi connectivity index (χ1v) is 10.0. The van der Waals surface area contributed by atoms with Gasteiger partial charge in [-0.1, -0.05) is 31.2 Å². The fourth-order valence-corrected chi connectivity index (χ4v) is 2.89. The van der Waals surface area contributed by atoms with Crippen LogP contribution in [0.1, 0.15) is 46.5 Å². The first-order chi connectivity index (χ1) is 14.5. The molecule has 2 N–H and O–H groups in total. The largest absolute Gasteiger partial charge is 0.491 e. The van der Waals surface area contributed by atoms with E-state index >= 15 is 0 Å². The molecule has 5 nitrogen and oxygen atoms in total. The lowest BCUT2D eigenvalue weighted by Gasteiger charge is -2.13. The lowest BCUT2D eigenvalue weighted by molar-refractivity contribution is 0.101. The second kappa shape index (κ2) is 9.74. The van der Waals surface area contributed by atoms with Crippen molar-refractivity contribution in [2.24, 2.45) is 0 Å². The molecule has 1 unspecified atom stereocenters. The van der Waals surface area contributed by atoms with Crippen molar-refractivity contribution in [1.29, 1.82) is 0 Å². The molecule has 3 aromatic rings. The molecule has 0 saturated heterocycles. The molecule has 5 heteroatoms. The molecule has 0 saturated carbocycles. The number of carbonyl (C=O) groups is 2. The third-order valence-corrected chi connectivity index (χ3v) is 4.80. The van der Waals surface area contributed by atoms with Crippen molar-refractivity contribution in [3.63, 3.8) is 0 Å². The van der Waals surface area contributed by atoms with Crippen LogP contribution in [0, 0.1) is 6.92 Å². The van der Waals surface area contributed by atoms with Gasteiger partial charge >= 0.3 is 0 Å². The van der Waals surface area contributed by atoms with Crippen LogP contribution in [-0.4, -0.2) is 17.9 Å². The number of carbonyl (C=O) groups excluding carboxylic acids is 2. The summed E-state index contributed by atoms with van der Waals surface area (Å²) in [4.78, 5) is 25.0. The number of ether oxygens (including phenoxy) is 1. The molecule has 0 aliphatic heterocycles. The van der Waals surface area contributed by atoms with Crippen molar-refractivity contribution in [2.45, 2.75) is 33.3 Å². The molecule has 0 heterocycles. The monoisotopic (exact) mass is 402 g/mol. The molecule has 2 amide bonds. The predicted molar refractivity (Wildman–Crippen MR) is 120 cm³/mol. The molecule has 0 spiro atoms. The van der Waals surface area contributed by atoms with E-state index in [0.717, 1.165) is 12.0 Å². The molecular weight excluding hydrogens is 376 g/mol. The normalized spacial score (nSPS) is 11.4. The SMILES string of the molecule is CCC(C)Oc1cccc(C(=O)Nc2ccc(NC(=O)c3ccccc3C)cc2)c1. The summed E-state index contributed by atoms with van der Waals surface area (Å²) in [5.41, 5.74) is 3.37. The van der Waals surface area contributed by atoms with Gasteiger partial charge in [0.05, 0.1) is 6.10 Å². The number of anilines is 2. The first-order valence-electron chi connectivity index (χ1n) is 10.0. The van der Waals surface area contributed by atoms with Gasteiger partial charge in [0.15, 0.2) is 0 Å². The second-order valence-electron chi connectivity index (χ2n) is 7.17. The fourth-order valence-electron chi connectivity index (χ4n) is 2.89. The van der Waals surface area contributed by atoms with Crippen molar-refractivity contribution in [3.05, 3.63) is 89.5 Å². The van der Waals surface area contributed by atoms with Gasteiger partial charge in [-0.15, -0.1) is 0 Å². The van der Waals surface area contributed by atoms with E-state index in [4.69, 9.17) is 4.74 Å². The molecule has 0 aliphatic rings. The summed E-state index contributed by atoms with van der Waals surface area (Å²) in [6.07, 6.45) is 0.981. The summed E-state index contributed by atoms with van der Waals surface area (Å²) in [5, 5.41) is 5.74. The number of hydrogen-bond donors (Lipinski definition) is 2. The minimum absolute atomic E-state index is 0.0886. The van der Waals surface area contributed by atoms with Crippen LogP contribution >= 0.6 is 0 Å². The number of benzene rings is 3. The Bertz CT molecular complexity index is 1030. The van der Waals surface area contributed by atoms with Crippen molar-refractivity contribution in [1.82, 2.24) is 0 Å². The van der Waals surface area contributed by atoms with Crippen LogP contribution in [0.2, 0.25) is 0 Å². The third kappa shape index (κ3) is 5.47. The maximum atomic E-state index is 12.6. The number of rotatable bonds is 7. The summed E-state index contributed by atoms with van der Waals surface area (Å²) in [6, 6.07) is 21.6. The van der Waals surface area contributed by atoms with Crippen LogP contribution in [0.5, 0.6) is 5.75 Å². The molecule has 0 aromatic heterocycles. The molecule has 1 atom stereocenters. The maximum absolute atomic E-state index is 12.6. The zero-order valence-electron chi connectivity index (χ0n) is 17.4. The Morgan fingerprint density at radius 3 is 2.13 bits per heavy atom. The van der Waals surface area contributed by atoms with Gasteiger partial charge in [0, 0.05) is 22.5 Å². The van der Waals surface area contributed by atoms with Crippen LogP contribution < -0.4 is 15.4 Å². The number of amides is 2. The fraction of sp³-hybridized carbons (Fsp3) is 0.200. The van der Waals surface area contributed by atoms with E-state index in [2.05, 4.69) is 10.6 Å². The van der Waals surface area contributed by atoms with Gasteiger partial charge < -0.3 is 15.4 Å². The number of aryl methyl sites for hydroxylation is 1.